The van der Waals surface area contributed by atoms with Gasteiger partial charge in [-0.3, -0.25) is 4.79 Å². The summed E-state index contributed by atoms with van der Waals surface area (Å²) >= 11 is 0. The van der Waals surface area contributed by atoms with Crippen molar-refractivity contribution < 1.29 is 18.0 Å². The molecule has 0 saturated heterocycles. The molecule has 5 nitrogen and oxygen atoms in total. The van der Waals surface area contributed by atoms with Crippen LogP contribution in [0, 0.1) is 0 Å². The van der Waals surface area contributed by atoms with Crippen LogP contribution in [-0.4, -0.2) is 35.6 Å². The summed E-state index contributed by atoms with van der Waals surface area (Å²) in [6.07, 6.45) is -3.97. The molecule has 0 saturated carbocycles. The van der Waals surface area contributed by atoms with E-state index in [1.807, 2.05) is 0 Å². The third-order valence-corrected chi connectivity index (χ3v) is 2.23. The van der Waals surface area contributed by atoms with Crippen LogP contribution >= 0.6 is 0 Å². The number of nitrogens with two attached hydrogens (primary N) is 1. The van der Waals surface area contributed by atoms with Gasteiger partial charge in [0.1, 0.15) is 5.82 Å². The molecular formula is C10H13F3N4O. The number of pyridine rings is 1. The number of rotatable bonds is 4. The average molecular weight is 262 g/mol. The van der Waals surface area contributed by atoms with Crippen molar-refractivity contribution in [2.45, 2.75) is 12.6 Å². The van der Waals surface area contributed by atoms with Gasteiger partial charge in [0.2, 0.25) is 0 Å². The van der Waals surface area contributed by atoms with Gasteiger partial charge in [0.15, 0.2) is 0 Å². The number of nitrogen functional groups attached to an aromatic ring is 1. The van der Waals surface area contributed by atoms with Crippen molar-refractivity contribution in [3.8, 4) is 0 Å². The molecule has 1 aromatic heterocycles. The molecule has 8 heteroatoms. The smallest absolute Gasteiger partial charge is 0.341 e. The SMILES string of the molecule is CN(CCC(F)(F)F)C(=O)c1ccnc(NN)c1. The number of halogens is 3. The number of nitrogens with one attached hydrogen (secondary N) is 1. The zero-order valence-electron chi connectivity index (χ0n) is 9.66. The van der Waals surface area contributed by atoms with Crippen molar-refractivity contribution in [3.63, 3.8) is 0 Å². The van der Waals surface area contributed by atoms with Crippen molar-refractivity contribution in [2.24, 2.45) is 5.84 Å². The van der Waals surface area contributed by atoms with Gasteiger partial charge in [-0.25, -0.2) is 10.8 Å². The summed E-state index contributed by atoms with van der Waals surface area (Å²) < 4.78 is 36.1. The second kappa shape index (κ2) is 5.67. The fourth-order valence-electron chi connectivity index (χ4n) is 1.26. The number of carbonyl (C=O) groups is 1. The highest BCUT2D eigenvalue weighted by atomic mass is 19.4. The van der Waals surface area contributed by atoms with Gasteiger partial charge in [0.25, 0.3) is 5.91 Å². The predicted octanol–water partition coefficient (Wildman–Crippen LogP) is 1.39. The minimum Gasteiger partial charge on any atom is -0.341 e. The Balaban J connectivity index is 2.68. The number of hydrogen-bond acceptors (Lipinski definition) is 4. The molecule has 0 aliphatic carbocycles. The van der Waals surface area contributed by atoms with Crippen LogP contribution in [0.25, 0.3) is 0 Å². The van der Waals surface area contributed by atoms with Crippen LogP contribution in [0.1, 0.15) is 16.8 Å². The number of hydrazine groups is 1. The summed E-state index contributed by atoms with van der Waals surface area (Å²) in [5, 5.41) is 0. The number of amides is 1. The fourth-order valence-corrected chi connectivity index (χ4v) is 1.26. The van der Waals surface area contributed by atoms with Gasteiger partial charge in [-0.1, -0.05) is 0 Å². The van der Waals surface area contributed by atoms with Crippen molar-refractivity contribution in [3.05, 3.63) is 23.9 Å². The van der Waals surface area contributed by atoms with E-state index in [0.717, 1.165) is 4.90 Å². The molecule has 0 aliphatic rings. The van der Waals surface area contributed by atoms with Gasteiger partial charge in [-0.2, -0.15) is 13.2 Å². The summed E-state index contributed by atoms with van der Waals surface area (Å²) in [5.41, 5.74) is 2.48. The number of carbonyl (C=O) groups excluding carboxylic acids is 1. The largest absolute Gasteiger partial charge is 0.390 e. The first kappa shape index (κ1) is 14.2. The maximum absolute atomic E-state index is 12.0. The first-order valence-corrected chi connectivity index (χ1v) is 5.08. The molecule has 0 spiro atoms. The number of nitrogens with zero attached hydrogens (tertiary/aromatic N) is 2. The highest BCUT2D eigenvalue weighted by molar-refractivity contribution is 5.94. The number of hydrogen-bond donors (Lipinski definition) is 2. The monoisotopic (exact) mass is 262 g/mol. The lowest BCUT2D eigenvalue weighted by Crippen LogP contribution is -2.30. The Bertz CT molecular complexity index is 422. The van der Waals surface area contributed by atoms with Crippen molar-refractivity contribution in [2.75, 3.05) is 19.0 Å². The Morgan fingerprint density at radius 1 is 1.56 bits per heavy atom. The summed E-state index contributed by atoms with van der Waals surface area (Å²) in [4.78, 5) is 16.6. The number of anilines is 1. The lowest BCUT2D eigenvalue weighted by Gasteiger charge is -2.18. The van der Waals surface area contributed by atoms with Crippen LogP contribution in [0.2, 0.25) is 0 Å². The second-order valence-corrected chi connectivity index (χ2v) is 3.67. The number of alkyl halides is 3. The van der Waals surface area contributed by atoms with Crippen LogP contribution in [0.5, 0.6) is 0 Å². The predicted molar refractivity (Wildman–Crippen MR) is 59.7 cm³/mol. The molecule has 3 N–H and O–H groups in total. The topological polar surface area (TPSA) is 71.2 Å². The molecule has 1 heterocycles. The summed E-state index contributed by atoms with van der Waals surface area (Å²) in [5.74, 6) is 4.88. The third-order valence-electron chi connectivity index (χ3n) is 2.23. The maximum Gasteiger partial charge on any atom is 0.390 e. The Labute approximate surface area is 102 Å². The van der Waals surface area contributed by atoms with Crippen molar-refractivity contribution >= 4 is 11.7 Å². The van der Waals surface area contributed by atoms with E-state index >= 15 is 0 Å². The van der Waals surface area contributed by atoms with Crippen LogP contribution in [0.15, 0.2) is 18.3 Å². The highest BCUT2D eigenvalue weighted by Gasteiger charge is 2.28. The van der Waals surface area contributed by atoms with Crippen LogP contribution in [0.3, 0.4) is 0 Å². The van der Waals surface area contributed by atoms with E-state index in [2.05, 4.69) is 10.4 Å². The Morgan fingerprint density at radius 2 is 2.22 bits per heavy atom. The van der Waals surface area contributed by atoms with Crippen molar-refractivity contribution in [1.29, 1.82) is 0 Å². The highest BCUT2D eigenvalue weighted by Crippen LogP contribution is 2.20. The summed E-state index contributed by atoms with van der Waals surface area (Å²) in [7, 11) is 1.31. The van der Waals surface area contributed by atoms with Crippen LogP contribution in [0.4, 0.5) is 19.0 Å². The minimum absolute atomic E-state index is 0.225. The molecule has 100 valence electrons. The maximum atomic E-state index is 12.0. The molecule has 18 heavy (non-hydrogen) atoms. The van der Waals surface area contributed by atoms with Gasteiger partial charge in [-0.05, 0) is 12.1 Å². The fraction of sp³-hybridized carbons (Fsp3) is 0.400. The quantitative estimate of drug-likeness (QED) is 0.635. The third kappa shape index (κ3) is 4.21. The molecular weight excluding hydrogens is 249 g/mol. The molecule has 0 radical (unpaired) electrons. The zero-order chi connectivity index (χ0) is 13.8. The molecule has 1 amide bonds. The molecule has 0 aromatic carbocycles. The van der Waals surface area contributed by atoms with Crippen molar-refractivity contribution in [1.82, 2.24) is 9.88 Å². The minimum atomic E-state index is -4.28. The first-order chi connectivity index (χ1) is 8.33. The average Bonchev–Trinajstić information content (AvgIpc) is 2.34. The lowest BCUT2D eigenvalue weighted by molar-refractivity contribution is -0.136. The van der Waals surface area contributed by atoms with E-state index in [9.17, 15) is 18.0 Å². The van der Waals surface area contributed by atoms with Crippen LogP contribution < -0.4 is 11.3 Å². The molecule has 0 atom stereocenters. The van der Waals surface area contributed by atoms with Gasteiger partial charge in [0, 0.05) is 25.4 Å². The Hall–Kier alpha value is -1.83. The zero-order valence-corrected chi connectivity index (χ0v) is 9.66. The standard InChI is InChI=1S/C10H13F3N4O/c1-17(5-3-10(11,12)13)9(18)7-2-4-15-8(6-7)16-14/h2,4,6H,3,5,14H2,1H3,(H,15,16). The number of aromatic nitrogens is 1. The summed E-state index contributed by atoms with van der Waals surface area (Å²) in [6.45, 7) is -0.393. The van der Waals surface area contributed by atoms with Gasteiger partial charge < -0.3 is 10.3 Å². The van der Waals surface area contributed by atoms with Gasteiger partial charge >= 0.3 is 6.18 Å². The molecule has 0 fully saturated rings. The van der Waals surface area contributed by atoms with Gasteiger partial charge in [-0.15, -0.1) is 0 Å². The van der Waals surface area contributed by atoms with Gasteiger partial charge in [0.05, 0.1) is 6.42 Å². The van der Waals surface area contributed by atoms with E-state index in [-0.39, 0.29) is 11.4 Å². The first-order valence-electron chi connectivity index (χ1n) is 5.08. The molecule has 0 bridgehead atoms. The van der Waals surface area contributed by atoms with E-state index in [4.69, 9.17) is 5.84 Å². The van der Waals surface area contributed by atoms with E-state index in [0.29, 0.717) is 0 Å². The molecule has 0 aliphatic heterocycles. The second-order valence-electron chi connectivity index (χ2n) is 3.67. The Morgan fingerprint density at radius 3 is 2.78 bits per heavy atom. The van der Waals surface area contributed by atoms with E-state index < -0.39 is 25.0 Å². The lowest BCUT2D eigenvalue weighted by atomic mass is 10.2. The molecule has 1 aromatic rings. The van der Waals surface area contributed by atoms with E-state index in [1.165, 1.54) is 25.4 Å². The molecule has 0 unspecified atom stereocenters. The normalized spacial score (nSPS) is 11.2. The summed E-state index contributed by atoms with van der Waals surface area (Å²) in [6, 6.07) is 2.78. The molecule has 1 rings (SSSR count). The van der Waals surface area contributed by atoms with E-state index in [1.54, 1.807) is 0 Å². The van der Waals surface area contributed by atoms with Crippen LogP contribution in [-0.2, 0) is 0 Å². The Kier molecular flexibility index (Phi) is 4.49.